The first kappa shape index (κ1) is 20.2. The molecule has 0 aliphatic heterocycles. The Balaban J connectivity index is 1.26. The standard InChI is InChI=1S/C24H35N3O3/c1-15-25-22(30-26-15)10-13-29-27-17-8-11-23(2)16(14-17)4-5-18-19-6-7-21(28)24(19,3)12-9-20(18)23/h14,18-21,28H,4-13H2,1-3H3/t18?,19?,20-,21?,23?,24?/m1/s1. The normalized spacial score (nSPS) is 41.7. The van der Waals surface area contributed by atoms with Crippen LogP contribution in [0.2, 0.25) is 0 Å². The molecule has 0 bridgehead atoms. The molecule has 3 fully saturated rings. The van der Waals surface area contributed by atoms with Gasteiger partial charge in [-0.25, -0.2) is 0 Å². The lowest BCUT2D eigenvalue weighted by Crippen LogP contribution is -2.51. The van der Waals surface area contributed by atoms with Crippen molar-refractivity contribution in [3.05, 3.63) is 23.4 Å². The smallest absolute Gasteiger partial charge is 0.230 e. The summed E-state index contributed by atoms with van der Waals surface area (Å²) in [5.41, 5.74) is 3.09. The third kappa shape index (κ3) is 3.22. The van der Waals surface area contributed by atoms with Crippen molar-refractivity contribution in [2.75, 3.05) is 6.61 Å². The van der Waals surface area contributed by atoms with E-state index in [1.807, 2.05) is 6.92 Å². The summed E-state index contributed by atoms with van der Waals surface area (Å²) < 4.78 is 5.12. The predicted octanol–water partition coefficient (Wildman–Crippen LogP) is 4.62. The Labute approximate surface area is 179 Å². The van der Waals surface area contributed by atoms with Gasteiger partial charge in [0.25, 0.3) is 0 Å². The molecule has 4 aliphatic carbocycles. The van der Waals surface area contributed by atoms with Crippen molar-refractivity contribution in [1.82, 2.24) is 10.1 Å². The van der Waals surface area contributed by atoms with E-state index in [9.17, 15) is 5.11 Å². The van der Waals surface area contributed by atoms with Gasteiger partial charge in [0.05, 0.1) is 18.2 Å². The van der Waals surface area contributed by atoms with Crippen LogP contribution in [0.3, 0.4) is 0 Å². The molecule has 5 rings (SSSR count). The molecule has 0 saturated heterocycles. The molecule has 6 nitrogen and oxygen atoms in total. The molecule has 0 radical (unpaired) electrons. The predicted molar refractivity (Wildman–Crippen MR) is 114 cm³/mol. The Morgan fingerprint density at radius 3 is 2.83 bits per heavy atom. The van der Waals surface area contributed by atoms with Crippen molar-refractivity contribution in [2.24, 2.45) is 33.7 Å². The lowest BCUT2D eigenvalue weighted by molar-refractivity contribution is -0.0722. The molecule has 0 amide bonds. The van der Waals surface area contributed by atoms with Gasteiger partial charge in [-0.2, -0.15) is 4.98 Å². The van der Waals surface area contributed by atoms with E-state index < -0.39 is 0 Å². The van der Waals surface area contributed by atoms with Crippen LogP contribution in [0.1, 0.15) is 76.9 Å². The van der Waals surface area contributed by atoms with Crippen LogP contribution in [0.5, 0.6) is 0 Å². The molecule has 30 heavy (non-hydrogen) atoms. The highest BCUT2D eigenvalue weighted by Gasteiger charge is 2.58. The van der Waals surface area contributed by atoms with Crippen molar-refractivity contribution in [3.63, 3.8) is 0 Å². The van der Waals surface area contributed by atoms with E-state index in [1.165, 1.54) is 32.1 Å². The first-order chi connectivity index (χ1) is 14.4. The second kappa shape index (κ2) is 7.47. The van der Waals surface area contributed by atoms with Crippen LogP contribution < -0.4 is 0 Å². The molecule has 0 spiro atoms. The number of rotatable bonds is 4. The van der Waals surface area contributed by atoms with Crippen molar-refractivity contribution >= 4 is 5.71 Å². The van der Waals surface area contributed by atoms with E-state index in [0.29, 0.717) is 30.7 Å². The monoisotopic (exact) mass is 413 g/mol. The first-order valence-corrected chi connectivity index (χ1v) is 11.8. The molecule has 3 saturated carbocycles. The molecule has 6 heteroatoms. The van der Waals surface area contributed by atoms with Gasteiger partial charge >= 0.3 is 0 Å². The fourth-order valence-corrected chi connectivity index (χ4v) is 7.32. The van der Waals surface area contributed by atoms with Gasteiger partial charge in [0.1, 0.15) is 6.61 Å². The van der Waals surface area contributed by atoms with Crippen LogP contribution >= 0.6 is 0 Å². The maximum Gasteiger partial charge on any atom is 0.230 e. The van der Waals surface area contributed by atoms with Crippen LogP contribution in [0.25, 0.3) is 0 Å². The number of fused-ring (bicyclic) bond motifs is 5. The van der Waals surface area contributed by atoms with Gasteiger partial charge in [-0.15, -0.1) is 0 Å². The number of aromatic nitrogens is 2. The zero-order valence-electron chi connectivity index (χ0n) is 18.6. The van der Waals surface area contributed by atoms with E-state index in [1.54, 1.807) is 5.57 Å². The minimum atomic E-state index is -0.0912. The SMILES string of the molecule is Cc1noc(CCON=C2C=C3CCC4C5CCC(O)C5(C)CC[C@H]4C3(C)CC2)n1. The molecule has 1 heterocycles. The minimum Gasteiger partial charge on any atom is -0.395 e. The number of aliphatic hydroxyl groups is 1. The molecule has 6 atom stereocenters. The van der Waals surface area contributed by atoms with Crippen LogP contribution in [-0.4, -0.2) is 33.7 Å². The molecule has 164 valence electrons. The van der Waals surface area contributed by atoms with Gasteiger partial charge in [-0.05, 0) is 93.0 Å². The molecule has 1 aromatic heterocycles. The summed E-state index contributed by atoms with van der Waals surface area (Å²) in [6.07, 6.45) is 12.1. The van der Waals surface area contributed by atoms with Crippen molar-refractivity contribution < 1.29 is 14.5 Å². The Morgan fingerprint density at radius 1 is 1.17 bits per heavy atom. The largest absolute Gasteiger partial charge is 0.395 e. The van der Waals surface area contributed by atoms with Gasteiger partial charge in [0, 0.05) is 0 Å². The highest BCUT2D eigenvalue weighted by atomic mass is 16.6. The Morgan fingerprint density at radius 2 is 2.03 bits per heavy atom. The average molecular weight is 414 g/mol. The third-order valence-electron chi connectivity index (χ3n) is 9.09. The second-order valence-electron chi connectivity index (χ2n) is 10.5. The van der Waals surface area contributed by atoms with E-state index in [-0.39, 0.29) is 16.9 Å². The van der Waals surface area contributed by atoms with Gasteiger partial charge in [0.15, 0.2) is 5.82 Å². The lowest BCUT2D eigenvalue weighted by atomic mass is 9.47. The van der Waals surface area contributed by atoms with Crippen molar-refractivity contribution in [1.29, 1.82) is 0 Å². The quantitative estimate of drug-likeness (QED) is 0.575. The number of hydrogen-bond donors (Lipinski definition) is 1. The Bertz CT molecular complexity index is 862. The second-order valence-corrected chi connectivity index (χ2v) is 10.5. The summed E-state index contributed by atoms with van der Waals surface area (Å²) >= 11 is 0. The highest BCUT2D eigenvalue weighted by Crippen LogP contribution is 2.65. The summed E-state index contributed by atoms with van der Waals surface area (Å²) in [5.74, 6) is 3.48. The average Bonchev–Trinajstić information content (AvgIpc) is 3.28. The maximum absolute atomic E-state index is 10.6. The van der Waals surface area contributed by atoms with Gasteiger partial charge in [0.2, 0.25) is 5.89 Å². The van der Waals surface area contributed by atoms with E-state index in [0.717, 1.165) is 36.8 Å². The van der Waals surface area contributed by atoms with Crippen LogP contribution in [-0.2, 0) is 11.3 Å². The van der Waals surface area contributed by atoms with E-state index in [4.69, 9.17) is 9.36 Å². The van der Waals surface area contributed by atoms with Gasteiger partial charge in [-0.1, -0.05) is 29.7 Å². The summed E-state index contributed by atoms with van der Waals surface area (Å²) in [5, 5.41) is 18.8. The highest BCUT2D eigenvalue weighted by molar-refractivity contribution is 5.96. The third-order valence-corrected chi connectivity index (χ3v) is 9.09. The molecule has 1 aromatic rings. The molecule has 4 aliphatic rings. The van der Waals surface area contributed by atoms with E-state index >= 15 is 0 Å². The first-order valence-electron chi connectivity index (χ1n) is 11.8. The zero-order valence-corrected chi connectivity index (χ0v) is 18.6. The molecule has 1 N–H and O–H groups in total. The summed E-state index contributed by atoms with van der Waals surface area (Å²) in [6, 6.07) is 0. The van der Waals surface area contributed by atoms with Crippen LogP contribution in [0.15, 0.2) is 21.3 Å². The maximum atomic E-state index is 10.6. The van der Waals surface area contributed by atoms with Crippen LogP contribution in [0.4, 0.5) is 0 Å². The fraction of sp³-hybridized carbons (Fsp3) is 0.792. The summed E-state index contributed by atoms with van der Waals surface area (Å²) in [6.45, 7) is 7.13. The molecule has 0 aromatic carbocycles. The van der Waals surface area contributed by atoms with Crippen LogP contribution in [0, 0.1) is 35.5 Å². The topological polar surface area (TPSA) is 80.7 Å². The lowest BCUT2D eigenvalue weighted by Gasteiger charge is -2.57. The number of nitrogens with zero attached hydrogens (tertiary/aromatic N) is 3. The fourth-order valence-electron chi connectivity index (χ4n) is 7.32. The van der Waals surface area contributed by atoms with Crippen molar-refractivity contribution in [2.45, 2.75) is 84.7 Å². The number of allylic oxidation sites excluding steroid dienone is 2. The van der Waals surface area contributed by atoms with Crippen molar-refractivity contribution in [3.8, 4) is 0 Å². The Kier molecular flexibility index (Phi) is 5.04. The van der Waals surface area contributed by atoms with Gasteiger partial charge < -0.3 is 14.5 Å². The van der Waals surface area contributed by atoms with E-state index in [2.05, 4.69) is 35.2 Å². The number of aryl methyl sites for hydroxylation is 1. The minimum absolute atomic E-state index is 0.0912. The Hall–Kier alpha value is -1.69. The zero-order chi connectivity index (χ0) is 20.9. The number of hydrogen-bond acceptors (Lipinski definition) is 6. The molecular weight excluding hydrogens is 378 g/mol. The molecular formula is C24H35N3O3. The number of aliphatic hydroxyl groups excluding tert-OH is 1. The molecule has 5 unspecified atom stereocenters. The summed E-state index contributed by atoms with van der Waals surface area (Å²) in [7, 11) is 0. The number of oxime groups is 1. The summed E-state index contributed by atoms with van der Waals surface area (Å²) in [4.78, 5) is 9.77. The van der Waals surface area contributed by atoms with Gasteiger partial charge in [-0.3, -0.25) is 0 Å².